The fourth-order valence-corrected chi connectivity index (χ4v) is 4.00. The van der Waals surface area contributed by atoms with E-state index in [1.807, 2.05) is 48.5 Å². The maximum Gasteiger partial charge on any atom is 0.276 e. The van der Waals surface area contributed by atoms with Gasteiger partial charge in [0.2, 0.25) is 5.91 Å². The Morgan fingerprint density at radius 1 is 0.903 bits per heavy atom. The van der Waals surface area contributed by atoms with Gasteiger partial charge in [-0.2, -0.15) is 0 Å². The van der Waals surface area contributed by atoms with Gasteiger partial charge >= 0.3 is 0 Å². The van der Waals surface area contributed by atoms with Crippen LogP contribution in [0.3, 0.4) is 0 Å². The highest BCUT2D eigenvalue weighted by Gasteiger charge is 2.36. The molecule has 0 N–H and O–H groups in total. The molecule has 158 valence electrons. The number of carbonyl (C=O) groups is 2. The van der Waals surface area contributed by atoms with Crippen LogP contribution in [0.2, 0.25) is 0 Å². The fourth-order valence-electron chi connectivity index (χ4n) is 4.00. The minimum Gasteiger partial charge on any atom is -0.339 e. The lowest BCUT2D eigenvalue weighted by atomic mass is 10.1. The molecule has 8 heteroatoms. The van der Waals surface area contributed by atoms with Crippen molar-refractivity contribution in [1.82, 2.24) is 29.8 Å². The van der Waals surface area contributed by atoms with Gasteiger partial charge in [0.25, 0.3) is 5.91 Å². The second kappa shape index (κ2) is 8.29. The number of benzene rings is 1. The number of piperazine rings is 1. The summed E-state index contributed by atoms with van der Waals surface area (Å²) in [5.74, 6) is 0.274. The van der Waals surface area contributed by atoms with Crippen LogP contribution in [0.1, 0.15) is 40.6 Å². The molecular formula is C23H24N6O2. The Labute approximate surface area is 180 Å². The minimum absolute atomic E-state index is 0.0412. The summed E-state index contributed by atoms with van der Waals surface area (Å²) >= 11 is 0. The lowest BCUT2D eigenvalue weighted by Crippen LogP contribution is -2.51. The van der Waals surface area contributed by atoms with Crippen LogP contribution in [0, 0.1) is 0 Å². The van der Waals surface area contributed by atoms with E-state index < -0.39 is 0 Å². The molecule has 8 nitrogen and oxygen atoms in total. The lowest BCUT2D eigenvalue weighted by Gasteiger charge is -2.34. The Morgan fingerprint density at radius 3 is 2.29 bits per heavy atom. The molecule has 0 radical (unpaired) electrons. The van der Waals surface area contributed by atoms with Crippen molar-refractivity contribution < 1.29 is 9.59 Å². The molecular weight excluding hydrogens is 392 g/mol. The number of amides is 2. The highest BCUT2D eigenvalue weighted by Crippen LogP contribution is 2.42. The summed E-state index contributed by atoms with van der Waals surface area (Å²) in [4.78, 5) is 33.7. The molecule has 0 atom stereocenters. The van der Waals surface area contributed by atoms with E-state index in [2.05, 4.69) is 15.3 Å². The molecule has 5 rings (SSSR count). The van der Waals surface area contributed by atoms with E-state index in [0.29, 0.717) is 37.8 Å². The van der Waals surface area contributed by atoms with Crippen molar-refractivity contribution >= 4 is 11.8 Å². The van der Waals surface area contributed by atoms with Crippen LogP contribution in [-0.2, 0) is 11.2 Å². The first-order chi connectivity index (χ1) is 15.2. The monoisotopic (exact) mass is 416 g/mol. The number of aromatic nitrogens is 4. The summed E-state index contributed by atoms with van der Waals surface area (Å²) in [5.41, 5.74) is 3.03. The number of rotatable bonds is 5. The SMILES string of the molecule is O=C(Cc1ccccn1)N1CCN(C(=O)c2nnn(-c3ccccc3)c2C2CC2)CC1. The van der Waals surface area contributed by atoms with E-state index >= 15 is 0 Å². The first-order valence-corrected chi connectivity index (χ1v) is 10.7. The second-order valence-corrected chi connectivity index (χ2v) is 8.02. The highest BCUT2D eigenvalue weighted by atomic mass is 16.2. The fraction of sp³-hybridized carbons (Fsp3) is 0.348. The van der Waals surface area contributed by atoms with Gasteiger partial charge in [-0.25, -0.2) is 4.68 Å². The Kier molecular flexibility index (Phi) is 5.19. The van der Waals surface area contributed by atoms with Crippen LogP contribution in [0.5, 0.6) is 0 Å². The summed E-state index contributed by atoms with van der Waals surface area (Å²) in [6.45, 7) is 2.02. The maximum atomic E-state index is 13.3. The number of para-hydroxylation sites is 1. The third-order valence-electron chi connectivity index (χ3n) is 5.85. The van der Waals surface area contributed by atoms with Gasteiger partial charge in [-0.05, 0) is 37.1 Å². The quantitative estimate of drug-likeness (QED) is 0.636. The number of carbonyl (C=O) groups excluding carboxylic acids is 2. The average molecular weight is 416 g/mol. The van der Waals surface area contributed by atoms with Crippen molar-refractivity contribution in [2.24, 2.45) is 0 Å². The molecule has 1 aromatic carbocycles. The molecule has 31 heavy (non-hydrogen) atoms. The van der Waals surface area contributed by atoms with E-state index in [1.54, 1.807) is 20.7 Å². The van der Waals surface area contributed by atoms with Gasteiger partial charge in [-0.15, -0.1) is 5.10 Å². The molecule has 1 saturated heterocycles. The summed E-state index contributed by atoms with van der Waals surface area (Å²) in [6.07, 6.45) is 4.08. The number of nitrogens with zero attached hydrogens (tertiary/aromatic N) is 6. The van der Waals surface area contributed by atoms with Crippen LogP contribution >= 0.6 is 0 Å². The van der Waals surface area contributed by atoms with Crippen LogP contribution < -0.4 is 0 Å². The van der Waals surface area contributed by atoms with Gasteiger partial charge in [0.05, 0.1) is 17.8 Å². The number of hydrogen-bond acceptors (Lipinski definition) is 5. The summed E-state index contributed by atoms with van der Waals surface area (Å²) in [6, 6.07) is 15.4. The zero-order valence-corrected chi connectivity index (χ0v) is 17.2. The molecule has 1 saturated carbocycles. The zero-order chi connectivity index (χ0) is 21.2. The molecule has 2 amide bonds. The first kappa shape index (κ1) is 19.4. The molecule has 2 aliphatic rings. The Bertz CT molecular complexity index is 1070. The molecule has 0 unspecified atom stereocenters. The standard InChI is InChI=1S/C23H24N6O2/c30-20(16-18-6-4-5-11-24-18)27-12-14-28(15-13-27)23(31)21-22(17-9-10-17)29(26-25-21)19-7-2-1-3-8-19/h1-8,11,17H,9-10,12-16H2. The van der Waals surface area contributed by atoms with E-state index in [9.17, 15) is 9.59 Å². The molecule has 1 aliphatic heterocycles. The first-order valence-electron chi connectivity index (χ1n) is 10.7. The molecule has 3 aromatic rings. The van der Waals surface area contributed by atoms with Gasteiger partial charge in [0.15, 0.2) is 5.69 Å². The topological polar surface area (TPSA) is 84.2 Å². The molecule has 1 aliphatic carbocycles. The number of pyridine rings is 1. The smallest absolute Gasteiger partial charge is 0.276 e. The molecule has 0 spiro atoms. The van der Waals surface area contributed by atoms with E-state index in [0.717, 1.165) is 29.9 Å². The van der Waals surface area contributed by atoms with Gasteiger partial charge in [0.1, 0.15) is 0 Å². The Balaban J connectivity index is 1.27. The van der Waals surface area contributed by atoms with Crippen molar-refractivity contribution in [1.29, 1.82) is 0 Å². The van der Waals surface area contributed by atoms with Crippen LogP contribution in [0.25, 0.3) is 5.69 Å². The molecule has 2 fully saturated rings. The lowest BCUT2D eigenvalue weighted by molar-refractivity contribution is -0.132. The third kappa shape index (κ3) is 4.05. The van der Waals surface area contributed by atoms with E-state index in [-0.39, 0.29) is 18.2 Å². The van der Waals surface area contributed by atoms with Crippen molar-refractivity contribution in [3.63, 3.8) is 0 Å². The molecule has 2 aromatic heterocycles. The van der Waals surface area contributed by atoms with Crippen molar-refractivity contribution in [3.05, 3.63) is 71.8 Å². The van der Waals surface area contributed by atoms with Crippen molar-refractivity contribution in [3.8, 4) is 5.69 Å². The highest BCUT2D eigenvalue weighted by molar-refractivity contribution is 5.94. The van der Waals surface area contributed by atoms with Gasteiger partial charge in [-0.1, -0.05) is 29.5 Å². The van der Waals surface area contributed by atoms with Gasteiger partial charge in [-0.3, -0.25) is 14.6 Å². The van der Waals surface area contributed by atoms with Crippen LogP contribution in [-0.4, -0.2) is 67.8 Å². The van der Waals surface area contributed by atoms with Gasteiger partial charge in [0, 0.05) is 44.0 Å². The minimum atomic E-state index is -0.0964. The molecule has 0 bridgehead atoms. The predicted molar refractivity (Wildman–Crippen MR) is 114 cm³/mol. The summed E-state index contributed by atoms with van der Waals surface area (Å²) in [5, 5.41) is 8.57. The number of hydrogen-bond donors (Lipinski definition) is 0. The van der Waals surface area contributed by atoms with Gasteiger partial charge < -0.3 is 9.80 Å². The maximum absolute atomic E-state index is 13.3. The van der Waals surface area contributed by atoms with Crippen molar-refractivity contribution in [2.45, 2.75) is 25.2 Å². The Hall–Kier alpha value is -3.55. The average Bonchev–Trinajstić information content (AvgIpc) is 3.57. The predicted octanol–water partition coefficient (Wildman–Crippen LogP) is 2.07. The van der Waals surface area contributed by atoms with Crippen LogP contribution in [0.15, 0.2) is 54.7 Å². The largest absolute Gasteiger partial charge is 0.339 e. The summed E-state index contributed by atoms with van der Waals surface area (Å²) in [7, 11) is 0. The third-order valence-corrected chi connectivity index (χ3v) is 5.85. The summed E-state index contributed by atoms with van der Waals surface area (Å²) < 4.78 is 1.80. The van der Waals surface area contributed by atoms with E-state index in [4.69, 9.17) is 0 Å². The molecule has 3 heterocycles. The van der Waals surface area contributed by atoms with Crippen molar-refractivity contribution in [2.75, 3.05) is 26.2 Å². The second-order valence-electron chi connectivity index (χ2n) is 8.02. The van der Waals surface area contributed by atoms with E-state index in [1.165, 1.54) is 0 Å². The Morgan fingerprint density at radius 2 is 1.61 bits per heavy atom. The zero-order valence-electron chi connectivity index (χ0n) is 17.2. The normalized spacial score (nSPS) is 16.4. The van der Waals surface area contributed by atoms with Crippen LogP contribution in [0.4, 0.5) is 0 Å².